The second-order valence-electron chi connectivity index (χ2n) is 3.79. The Hall–Kier alpha value is -0.860. The van der Waals surface area contributed by atoms with Crippen LogP contribution in [0.5, 0.6) is 0 Å². The number of hydrogen-bond donors (Lipinski definition) is 1. The van der Waals surface area contributed by atoms with Gasteiger partial charge in [0.15, 0.2) is 0 Å². The molecule has 0 aromatic heterocycles. The normalized spacial score (nSPS) is 12.5. The van der Waals surface area contributed by atoms with E-state index in [1.54, 1.807) is 6.07 Å². The minimum absolute atomic E-state index is 0.0237. The lowest BCUT2D eigenvalue weighted by Gasteiger charge is -2.19. The molecule has 0 aliphatic carbocycles. The van der Waals surface area contributed by atoms with E-state index in [0.29, 0.717) is 0 Å². The second kappa shape index (κ2) is 6.02. The smallest absolute Gasteiger partial charge is 0.142 e. The fourth-order valence-electron chi connectivity index (χ4n) is 1.59. The van der Waals surface area contributed by atoms with Crippen molar-refractivity contribution in [1.82, 2.24) is 5.32 Å². The highest BCUT2D eigenvalue weighted by molar-refractivity contribution is 6.31. The SMILES string of the molecule is C=C(CC)CC(NC)c1cccc(F)c1Cl. The van der Waals surface area contributed by atoms with Gasteiger partial charge in [-0.3, -0.25) is 0 Å². The Labute approximate surface area is 101 Å². The van der Waals surface area contributed by atoms with Gasteiger partial charge in [-0.25, -0.2) is 4.39 Å². The summed E-state index contributed by atoms with van der Waals surface area (Å²) in [5.41, 5.74) is 1.92. The van der Waals surface area contributed by atoms with Crippen molar-refractivity contribution in [2.24, 2.45) is 0 Å². The number of benzene rings is 1. The van der Waals surface area contributed by atoms with Crippen LogP contribution in [0.1, 0.15) is 31.4 Å². The molecule has 1 rings (SSSR count). The van der Waals surface area contributed by atoms with Crippen molar-refractivity contribution in [3.8, 4) is 0 Å². The molecule has 0 saturated heterocycles. The molecule has 1 nitrogen and oxygen atoms in total. The molecule has 0 aliphatic heterocycles. The van der Waals surface area contributed by atoms with Crippen molar-refractivity contribution < 1.29 is 4.39 Å². The van der Waals surface area contributed by atoms with Gasteiger partial charge in [0.25, 0.3) is 0 Å². The van der Waals surface area contributed by atoms with Gasteiger partial charge >= 0.3 is 0 Å². The van der Waals surface area contributed by atoms with Crippen LogP contribution in [-0.4, -0.2) is 7.05 Å². The number of nitrogens with one attached hydrogen (secondary N) is 1. The summed E-state index contributed by atoms with van der Waals surface area (Å²) < 4.78 is 13.3. The van der Waals surface area contributed by atoms with Gasteiger partial charge in [-0.05, 0) is 31.5 Å². The van der Waals surface area contributed by atoms with Crippen molar-refractivity contribution in [2.45, 2.75) is 25.8 Å². The summed E-state index contributed by atoms with van der Waals surface area (Å²) in [5, 5.41) is 3.34. The van der Waals surface area contributed by atoms with Crippen LogP contribution in [0.4, 0.5) is 4.39 Å². The Kier molecular flexibility index (Phi) is 4.97. The summed E-state index contributed by atoms with van der Waals surface area (Å²) in [5.74, 6) is -0.374. The molecule has 88 valence electrons. The van der Waals surface area contributed by atoms with Crippen LogP contribution in [0, 0.1) is 5.82 Å². The molecule has 3 heteroatoms. The Bertz CT molecular complexity index is 376. The third-order valence-electron chi connectivity index (χ3n) is 2.70. The van der Waals surface area contributed by atoms with Gasteiger partial charge in [-0.1, -0.05) is 42.8 Å². The molecule has 0 radical (unpaired) electrons. The van der Waals surface area contributed by atoms with E-state index in [-0.39, 0.29) is 16.9 Å². The maximum atomic E-state index is 13.3. The van der Waals surface area contributed by atoms with E-state index < -0.39 is 0 Å². The standard InChI is InChI=1S/C13H17ClFN/c1-4-9(2)8-12(16-3)10-6-5-7-11(15)13(10)14/h5-7,12,16H,2,4,8H2,1,3H3. The van der Waals surface area contributed by atoms with E-state index in [1.165, 1.54) is 6.07 Å². The number of hydrogen-bond acceptors (Lipinski definition) is 1. The maximum Gasteiger partial charge on any atom is 0.142 e. The van der Waals surface area contributed by atoms with Gasteiger partial charge in [0.05, 0.1) is 5.02 Å². The molecule has 0 fully saturated rings. The first-order valence-electron chi connectivity index (χ1n) is 5.38. The fourth-order valence-corrected chi connectivity index (χ4v) is 1.85. The minimum atomic E-state index is -0.374. The molecule has 1 aromatic rings. The first kappa shape index (κ1) is 13.2. The lowest BCUT2D eigenvalue weighted by atomic mass is 9.98. The van der Waals surface area contributed by atoms with Gasteiger partial charge in [0.2, 0.25) is 0 Å². The van der Waals surface area contributed by atoms with Crippen molar-refractivity contribution in [3.63, 3.8) is 0 Å². The van der Waals surface area contributed by atoms with Crippen LogP contribution in [0.2, 0.25) is 5.02 Å². The molecular formula is C13H17ClFN. The highest BCUT2D eigenvalue weighted by atomic mass is 35.5. The van der Waals surface area contributed by atoms with Gasteiger partial charge < -0.3 is 5.32 Å². The molecule has 0 saturated carbocycles. The van der Waals surface area contributed by atoms with Crippen LogP contribution >= 0.6 is 11.6 Å². The summed E-state index contributed by atoms with van der Waals surface area (Å²) in [4.78, 5) is 0. The number of halogens is 2. The van der Waals surface area contributed by atoms with E-state index in [9.17, 15) is 4.39 Å². The average molecular weight is 242 g/mol. The Balaban J connectivity index is 2.95. The Morgan fingerprint density at radius 3 is 2.81 bits per heavy atom. The van der Waals surface area contributed by atoms with Crippen molar-refractivity contribution in [1.29, 1.82) is 0 Å². The van der Waals surface area contributed by atoms with Crippen LogP contribution in [0.25, 0.3) is 0 Å². The van der Waals surface area contributed by atoms with E-state index in [2.05, 4.69) is 18.8 Å². The molecule has 16 heavy (non-hydrogen) atoms. The third-order valence-corrected chi connectivity index (χ3v) is 3.10. The van der Waals surface area contributed by atoms with Gasteiger partial charge in [-0.2, -0.15) is 0 Å². The molecule has 0 bridgehead atoms. The quantitative estimate of drug-likeness (QED) is 0.766. The van der Waals surface area contributed by atoms with Crippen LogP contribution in [0.15, 0.2) is 30.4 Å². The van der Waals surface area contributed by atoms with Crippen LogP contribution in [0.3, 0.4) is 0 Å². The molecule has 1 unspecified atom stereocenters. The van der Waals surface area contributed by atoms with E-state index in [0.717, 1.165) is 24.0 Å². The van der Waals surface area contributed by atoms with E-state index in [4.69, 9.17) is 11.6 Å². The van der Waals surface area contributed by atoms with Crippen molar-refractivity contribution in [3.05, 3.63) is 46.8 Å². The summed E-state index contributed by atoms with van der Waals surface area (Å²) in [6.07, 6.45) is 1.70. The molecule has 0 spiro atoms. The lowest BCUT2D eigenvalue weighted by Crippen LogP contribution is -2.17. The van der Waals surface area contributed by atoms with E-state index in [1.807, 2.05) is 13.1 Å². The van der Waals surface area contributed by atoms with Gasteiger partial charge in [0, 0.05) is 6.04 Å². The predicted molar refractivity (Wildman–Crippen MR) is 67.3 cm³/mol. The molecule has 0 amide bonds. The Morgan fingerprint density at radius 1 is 1.56 bits per heavy atom. The summed E-state index contributed by atoms with van der Waals surface area (Å²) in [6, 6.07) is 4.91. The largest absolute Gasteiger partial charge is 0.313 e. The molecular weight excluding hydrogens is 225 g/mol. The van der Waals surface area contributed by atoms with Crippen LogP contribution < -0.4 is 5.32 Å². The van der Waals surface area contributed by atoms with Gasteiger partial charge in [-0.15, -0.1) is 0 Å². The highest BCUT2D eigenvalue weighted by Gasteiger charge is 2.15. The molecule has 1 N–H and O–H groups in total. The molecule has 0 heterocycles. The van der Waals surface area contributed by atoms with Crippen molar-refractivity contribution in [2.75, 3.05) is 7.05 Å². The maximum absolute atomic E-state index is 13.3. The topological polar surface area (TPSA) is 12.0 Å². The minimum Gasteiger partial charge on any atom is -0.313 e. The highest BCUT2D eigenvalue weighted by Crippen LogP contribution is 2.29. The number of rotatable bonds is 5. The first-order valence-corrected chi connectivity index (χ1v) is 5.75. The lowest BCUT2D eigenvalue weighted by molar-refractivity contribution is 0.571. The summed E-state index contributed by atoms with van der Waals surface area (Å²) in [7, 11) is 1.84. The first-order chi connectivity index (χ1) is 7.60. The van der Waals surface area contributed by atoms with Crippen LogP contribution in [-0.2, 0) is 0 Å². The predicted octanol–water partition coefficient (Wildman–Crippen LogP) is 4.10. The van der Waals surface area contributed by atoms with Gasteiger partial charge in [0.1, 0.15) is 5.82 Å². The molecule has 1 atom stereocenters. The van der Waals surface area contributed by atoms with E-state index >= 15 is 0 Å². The average Bonchev–Trinajstić information content (AvgIpc) is 2.29. The Morgan fingerprint density at radius 2 is 2.25 bits per heavy atom. The summed E-state index contributed by atoms with van der Waals surface area (Å²) in [6.45, 7) is 6.02. The van der Waals surface area contributed by atoms with Crippen molar-refractivity contribution >= 4 is 11.6 Å². The molecule has 1 aromatic carbocycles. The fraction of sp³-hybridized carbons (Fsp3) is 0.385. The second-order valence-corrected chi connectivity index (χ2v) is 4.17. The molecule has 0 aliphatic rings. The zero-order valence-electron chi connectivity index (χ0n) is 9.69. The zero-order chi connectivity index (χ0) is 12.1. The zero-order valence-corrected chi connectivity index (χ0v) is 10.4. The summed E-state index contributed by atoms with van der Waals surface area (Å²) >= 11 is 5.95. The monoisotopic (exact) mass is 241 g/mol. The third kappa shape index (κ3) is 3.06.